The van der Waals surface area contributed by atoms with Crippen molar-refractivity contribution in [1.29, 1.82) is 0 Å². The minimum absolute atomic E-state index is 0.241. The zero-order chi connectivity index (χ0) is 8.10. The van der Waals surface area contributed by atoms with Crippen LogP contribution in [0.15, 0.2) is 24.4 Å². The molecule has 0 N–H and O–H groups in total. The molecule has 1 aliphatic rings. The normalized spacial score (nSPS) is 19.4. The molecule has 0 saturated carbocycles. The molecule has 0 atom stereocenters. The third kappa shape index (κ3) is 2.22. The highest BCUT2D eigenvalue weighted by atomic mass is 16.2. The second-order valence-electron chi connectivity index (χ2n) is 2.56. The summed E-state index contributed by atoms with van der Waals surface area (Å²) >= 11 is 0. The molecule has 0 aromatic carbocycles. The Balaban J connectivity index is 2.42. The van der Waals surface area contributed by atoms with Crippen molar-refractivity contribution < 1.29 is 4.79 Å². The highest BCUT2D eigenvalue weighted by molar-refractivity contribution is 5.79. The van der Waals surface area contributed by atoms with E-state index in [-0.39, 0.29) is 5.91 Å². The Bertz CT molecular complexity index is 194. The average molecular weight is 151 g/mol. The summed E-state index contributed by atoms with van der Waals surface area (Å²) in [7, 11) is 0. The lowest BCUT2D eigenvalue weighted by atomic mass is 10.4. The molecule has 0 bridgehead atoms. The standard InChI is InChI=1S/C9H13NO/c1-2-3-4-7-10-8-5-6-9(10)11/h2-4,7H,5-6,8H2,1H3/b3-2+,7-4+. The first kappa shape index (κ1) is 8.05. The topological polar surface area (TPSA) is 20.3 Å². The lowest BCUT2D eigenvalue weighted by Crippen LogP contribution is -2.16. The molecule has 1 rings (SSSR count). The van der Waals surface area contributed by atoms with E-state index in [1.54, 1.807) is 4.90 Å². The molecule has 1 amide bonds. The Hall–Kier alpha value is -1.05. The molecule has 0 aromatic heterocycles. The van der Waals surface area contributed by atoms with Gasteiger partial charge in [0.15, 0.2) is 0 Å². The number of carbonyl (C=O) groups is 1. The van der Waals surface area contributed by atoms with E-state index >= 15 is 0 Å². The molecular formula is C9H13NO. The van der Waals surface area contributed by atoms with Gasteiger partial charge in [-0.1, -0.05) is 12.2 Å². The Labute approximate surface area is 67.2 Å². The van der Waals surface area contributed by atoms with Crippen molar-refractivity contribution in [1.82, 2.24) is 4.90 Å². The zero-order valence-electron chi connectivity index (χ0n) is 6.79. The molecule has 1 saturated heterocycles. The highest BCUT2D eigenvalue weighted by Crippen LogP contribution is 2.09. The van der Waals surface area contributed by atoms with Crippen molar-refractivity contribution in [3.05, 3.63) is 24.4 Å². The van der Waals surface area contributed by atoms with Crippen LogP contribution in [-0.4, -0.2) is 17.4 Å². The average Bonchev–Trinajstić information content (AvgIpc) is 2.37. The SMILES string of the molecule is C/C=C/C=C/N1CCCC1=O. The fourth-order valence-corrected chi connectivity index (χ4v) is 1.09. The van der Waals surface area contributed by atoms with Crippen LogP contribution in [0.25, 0.3) is 0 Å². The maximum Gasteiger partial charge on any atom is 0.226 e. The number of carbonyl (C=O) groups excluding carboxylic acids is 1. The van der Waals surface area contributed by atoms with E-state index in [9.17, 15) is 4.79 Å². The first-order chi connectivity index (χ1) is 5.34. The number of likely N-dealkylation sites (tertiary alicyclic amines) is 1. The van der Waals surface area contributed by atoms with Crippen LogP contribution < -0.4 is 0 Å². The lowest BCUT2D eigenvalue weighted by molar-refractivity contribution is -0.125. The van der Waals surface area contributed by atoms with E-state index in [1.165, 1.54) is 0 Å². The first-order valence-electron chi connectivity index (χ1n) is 3.93. The van der Waals surface area contributed by atoms with Crippen molar-refractivity contribution >= 4 is 5.91 Å². The minimum atomic E-state index is 0.241. The molecule has 11 heavy (non-hydrogen) atoms. The first-order valence-corrected chi connectivity index (χ1v) is 3.93. The van der Waals surface area contributed by atoms with Crippen molar-refractivity contribution in [2.24, 2.45) is 0 Å². The van der Waals surface area contributed by atoms with Crippen LogP contribution in [-0.2, 0) is 4.79 Å². The Kier molecular flexibility index (Phi) is 2.90. The van der Waals surface area contributed by atoms with Gasteiger partial charge in [0, 0.05) is 19.2 Å². The summed E-state index contributed by atoms with van der Waals surface area (Å²) in [6.45, 7) is 2.84. The molecule has 1 heterocycles. The highest BCUT2D eigenvalue weighted by Gasteiger charge is 2.16. The summed E-state index contributed by atoms with van der Waals surface area (Å²) in [5, 5.41) is 0. The van der Waals surface area contributed by atoms with Gasteiger partial charge in [0.2, 0.25) is 5.91 Å². The predicted octanol–water partition coefficient (Wildman–Crippen LogP) is 1.70. The van der Waals surface area contributed by atoms with E-state index in [4.69, 9.17) is 0 Å². The molecule has 0 spiro atoms. The van der Waals surface area contributed by atoms with Crippen molar-refractivity contribution in [3.8, 4) is 0 Å². The van der Waals surface area contributed by atoms with Crippen LogP contribution in [0.3, 0.4) is 0 Å². The van der Waals surface area contributed by atoms with Gasteiger partial charge in [-0.3, -0.25) is 4.79 Å². The molecule has 2 heteroatoms. The summed E-state index contributed by atoms with van der Waals surface area (Å²) < 4.78 is 0. The Morgan fingerprint density at radius 2 is 2.27 bits per heavy atom. The maximum atomic E-state index is 11.0. The van der Waals surface area contributed by atoms with E-state index in [2.05, 4.69) is 0 Å². The molecular weight excluding hydrogens is 138 g/mol. The van der Waals surface area contributed by atoms with Crippen LogP contribution in [0.4, 0.5) is 0 Å². The van der Waals surface area contributed by atoms with E-state index in [0.29, 0.717) is 6.42 Å². The molecule has 0 aromatic rings. The molecule has 0 unspecified atom stereocenters. The minimum Gasteiger partial charge on any atom is -0.319 e. The predicted molar refractivity (Wildman–Crippen MR) is 44.9 cm³/mol. The fraction of sp³-hybridized carbons (Fsp3) is 0.444. The third-order valence-electron chi connectivity index (χ3n) is 1.68. The number of rotatable bonds is 2. The summed E-state index contributed by atoms with van der Waals surface area (Å²) in [5.41, 5.74) is 0. The summed E-state index contributed by atoms with van der Waals surface area (Å²) in [5.74, 6) is 0.241. The number of allylic oxidation sites excluding steroid dienone is 3. The molecule has 1 fully saturated rings. The third-order valence-corrected chi connectivity index (χ3v) is 1.68. The van der Waals surface area contributed by atoms with Crippen LogP contribution >= 0.6 is 0 Å². The van der Waals surface area contributed by atoms with Crippen LogP contribution in [0.2, 0.25) is 0 Å². The van der Waals surface area contributed by atoms with Gasteiger partial charge >= 0.3 is 0 Å². The molecule has 60 valence electrons. The molecule has 0 aliphatic carbocycles. The largest absolute Gasteiger partial charge is 0.319 e. The Morgan fingerprint density at radius 3 is 2.82 bits per heavy atom. The summed E-state index contributed by atoms with van der Waals surface area (Å²) in [6, 6.07) is 0. The van der Waals surface area contributed by atoms with Gasteiger partial charge in [-0.25, -0.2) is 0 Å². The van der Waals surface area contributed by atoms with Crippen LogP contribution in [0.5, 0.6) is 0 Å². The second-order valence-corrected chi connectivity index (χ2v) is 2.56. The zero-order valence-corrected chi connectivity index (χ0v) is 6.79. The monoisotopic (exact) mass is 151 g/mol. The van der Waals surface area contributed by atoms with Crippen LogP contribution in [0.1, 0.15) is 19.8 Å². The molecule has 0 radical (unpaired) electrons. The number of hydrogen-bond donors (Lipinski definition) is 0. The van der Waals surface area contributed by atoms with Gasteiger partial charge < -0.3 is 4.90 Å². The van der Waals surface area contributed by atoms with Gasteiger partial charge in [0.05, 0.1) is 0 Å². The van der Waals surface area contributed by atoms with Crippen molar-refractivity contribution in [2.75, 3.05) is 6.54 Å². The lowest BCUT2D eigenvalue weighted by Gasteiger charge is -2.06. The number of hydrogen-bond acceptors (Lipinski definition) is 1. The van der Waals surface area contributed by atoms with Gasteiger partial charge in [-0.15, -0.1) is 0 Å². The van der Waals surface area contributed by atoms with E-state index in [1.807, 2.05) is 31.4 Å². The smallest absolute Gasteiger partial charge is 0.226 e. The molecule has 1 aliphatic heterocycles. The van der Waals surface area contributed by atoms with Crippen molar-refractivity contribution in [3.63, 3.8) is 0 Å². The quantitative estimate of drug-likeness (QED) is 0.550. The van der Waals surface area contributed by atoms with Crippen molar-refractivity contribution in [2.45, 2.75) is 19.8 Å². The number of amides is 1. The second kappa shape index (κ2) is 3.96. The van der Waals surface area contributed by atoms with Crippen LogP contribution in [0, 0.1) is 0 Å². The maximum absolute atomic E-state index is 11.0. The van der Waals surface area contributed by atoms with E-state index in [0.717, 1.165) is 13.0 Å². The summed E-state index contributed by atoms with van der Waals surface area (Å²) in [4.78, 5) is 12.8. The fourth-order valence-electron chi connectivity index (χ4n) is 1.09. The van der Waals surface area contributed by atoms with Gasteiger partial charge in [-0.2, -0.15) is 0 Å². The van der Waals surface area contributed by atoms with Gasteiger partial charge in [0.1, 0.15) is 0 Å². The molecule has 2 nitrogen and oxygen atoms in total. The van der Waals surface area contributed by atoms with Gasteiger partial charge in [-0.05, 0) is 19.4 Å². The summed E-state index contributed by atoms with van der Waals surface area (Å²) in [6.07, 6.45) is 9.31. The Morgan fingerprint density at radius 1 is 1.45 bits per heavy atom. The number of nitrogens with zero attached hydrogens (tertiary/aromatic N) is 1. The van der Waals surface area contributed by atoms with E-state index < -0.39 is 0 Å². The van der Waals surface area contributed by atoms with Gasteiger partial charge in [0.25, 0.3) is 0 Å².